The highest BCUT2D eigenvalue weighted by Crippen LogP contribution is 2.21. The van der Waals surface area contributed by atoms with Crippen molar-refractivity contribution in [3.8, 4) is 0 Å². The summed E-state index contributed by atoms with van der Waals surface area (Å²) in [6.07, 6.45) is -0.777. The maximum absolute atomic E-state index is 9.48. The van der Waals surface area contributed by atoms with E-state index >= 15 is 0 Å². The first-order chi connectivity index (χ1) is 5.54. The van der Waals surface area contributed by atoms with Crippen molar-refractivity contribution < 1.29 is 10.2 Å². The van der Waals surface area contributed by atoms with E-state index < -0.39 is 16.9 Å². The van der Waals surface area contributed by atoms with Crippen molar-refractivity contribution in [1.82, 2.24) is 0 Å². The normalized spacial score (nSPS) is 21.5. The van der Waals surface area contributed by atoms with E-state index in [1.807, 2.05) is 0 Å². The largest absolute Gasteiger partial charge is 0.395 e. The van der Waals surface area contributed by atoms with Crippen molar-refractivity contribution in [3.05, 3.63) is 0 Å². The molecule has 0 saturated heterocycles. The van der Waals surface area contributed by atoms with Gasteiger partial charge in [0.2, 0.25) is 0 Å². The van der Waals surface area contributed by atoms with Crippen LogP contribution in [0.5, 0.6) is 0 Å². The molecule has 4 atom stereocenters. The van der Waals surface area contributed by atoms with Gasteiger partial charge >= 0.3 is 0 Å². The van der Waals surface area contributed by atoms with Gasteiger partial charge in [0, 0.05) is 5.33 Å². The van der Waals surface area contributed by atoms with E-state index in [4.69, 9.17) is 28.3 Å². The molecule has 0 aliphatic rings. The van der Waals surface area contributed by atoms with E-state index in [-0.39, 0.29) is 11.4 Å². The summed E-state index contributed by atoms with van der Waals surface area (Å²) < 4.78 is 0. The average molecular weight is 345 g/mol. The van der Waals surface area contributed by atoms with Crippen molar-refractivity contribution in [1.29, 1.82) is 0 Å². The first-order valence-corrected chi connectivity index (χ1v) is 6.22. The molecule has 0 amide bonds. The van der Waals surface area contributed by atoms with Gasteiger partial charge in [-0.05, 0) is 0 Å². The smallest absolute Gasteiger partial charge is 0.0851 e. The molecular formula is C6H10Br2Cl2O2. The van der Waals surface area contributed by atoms with Crippen molar-refractivity contribution in [3.63, 3.8) is 0 Å². The van der Waals surface area contributed by atoms with Crippen LogP contribution in [0.15, 0.2) is 0 Å². The second-order valence-electron chi connectivity index (χ2n) is 2.30. The summed E-state index contributed by atoms with van der Waals surface area (Å²) in [5, 5.41) is 17.4. The minimum absolute atomic E-state index is 0.159. The molecule has 0 heterocycles. The molecule has 2 nitrogen and oxygen atoms in total. The molecule has 0 bridgehead atoms. The van der Waals surface area contributed by atoms with E-state index in [1.165, 1.54) is 0 Å². The van der Waals surface area contributed by atoms with Gasteiger partial charge in [-0.25, -0.2) is 0 Å². The lowest BCUT2D eigenvalue weighted by Gasteiger charge is -2.23. The molecule has 2 N–H and O–H groups in total. The fourth-order valence-electron chi connectivity index (χ4n) is 0.605. The first kappa shape index (κ1) is 13.5. The zero-order chi connectivity index (χ0) is 9.72. The Labute approximate surface area is 98.5 Å². The summed E-state index contributed by atoms with van der Waals surface area (Å²) in [5.74, 6) is 0. The highest BCUT2D eigenvalue weighted by atomic mass is 79.9. The number of rotatable bonds is 5. The Morgan fingerprint density at radius 1 is 1.33 bits per heavy atom. The number of aliphatic hydroxyl groups excluding tert-OH is 2. The molecule has 0 saturated carbocycles. The van der Waals surface area contributed by atoms with Crippen molar-refractivity contribution in [2.24, 2.45) is 0 Å². The molecular weight excluding hydrogens is 335 g/mol. The second kappa shape index (κ2) is 6.85. The summed E-state index contributed by atoms with van der Waals surface area (Å²) in [6, 6.07) is 0. The standard InChI is InChI=1S/C6H10Br2Cl2O2/c7-1-3(8)6(12)5(10)4(9)2-11/h3-6,11-12H,1-2H2. The highest BCUT2D eigenvalue weighted by molar-refractivity contribution is 9.12. The quantitative estimate of drug-likeness (QED) is 0.745. The van der Waals surface area contributed by atoms with Gasteiger partial charge in [-0.15, -0.1) is 23.2 Å². The number of alkyl halides is 4. The number of aliphatic hydroxyl groups is 2. The molecule has 0 aromatic carbocycles. The van der Waals surface area contributed by atoms with Crippen LogP contribution in [0, 0.1) is 0 Å². The summed E-state index contributed by atoms with van der Waals surface area (Å²) in [6.45, 7) is -0.241. The maximum Gasteiger partial charge on any atom is 0.0851 e. The molecule has 6 heteroatoms. The van der Waals surface area contributed by atoms with E-state index in [1.54, 1.807) is 0 Å². The van der Waals surface area contributed by atoms with Crippen LogP contribution < -0.4 is 0 Å². The fourth-order valence-corrected chi connectivity index (χ4v) is 1.90. The molecule has 0 rings (SSSR count). The zero-order valence-corrected chi connectivity index (χ0v) is 10.8. The average Bonchev–Trinajstić information content (AvgIpc) is 2.12. The second-order valence-corrected chi connectivity index (χ2v) is 5.19. The van der Waals surface area contributed by atoms with Crippen LogP contribution in [0.25, 0.3) is 0 Å². The monoisotopic (exact) mass is 342 g/mol. The molecule has 4 unspecified atom stereocenters. The van der Waals surface area contributed by atoms with Gasteiger partial charge < -0.3 is 10.2 Å². The van der Waals surface area contributed by atoms with E-state index in [2.05, 4.69) is 31.9 Å². The minimum Gasteiger partial charge on any atom is -0.395 e. The molecule has 0 fully saturated rings. The van der Waals surface area contributed by atoms with Crippen LogP contribution in [-0.4, -0.2) is 43.8 Å². The summed E-state index contributed by atoms with van der Waals surface area (Å²) in [4.78, 5) is -0.159. The summed E-state index contributed by atoms with van der Waals surface area (Å²) >= 11 is 17.8. The number of hydrogen-bond donors (Lipinski definition) is 2. The molecule has 0 aromatic rings. The predicted octanol–water partition coefficient (Wildman–Crippen LogP) is 1.71. The predicted molar refractivity (Wildman–Crippen MR) is 58.9 cm³/mol. The van der Waals surface area contributed by atoms with Crippen LogP contribution >= 0.6 is 55.1 Å². The molecule has 0 radical (unpaired) electrons. The molecule has 0 spiro atoms. The van der Waals surface area contributed by atoms with Gasteiger partial charge in [-0.3, -0.25) is 0 Å². The van der Waals surface area contributed by atoms with Gasteiger partial charge in [0.25, 0.3) is 0 Å². The highest BCUT2D eigenvalue weighted by Gasteiger charge is 2.28. The van der Waals surface area contributed by atoms with Crippen LogP contribution in [0.2, 0.25) is 0 Å². The third-order valence-corrected chi connectivity index (χ3v) is 4.90. The van der Waals surface area contributed by atoms with Gasteiger partial charge in [0.1, 0.15) is 0 Å². The van der Waals surface area contributed by atoms with E-state index in [0.29, 0.717) is 5.33 Å². The minimum atomic E-state index is -0.777. The van der Waals surface area contributed by atoms with Crippen LogP contribution in [0.4, 0.5) is 0 Å². The summed E-state index contributed by atoms with van der Waals surface area (Å²) in [5.41, 5.74) is 0. The van der Waals surface area contributed by atoms with Gasteiger partial charge in [0.15, 0.2) is 0 Å². The topological polar surface area (TPSA) is 40.5 Å². The molecule has 0 aliphatic carbocycles. The Kier molecular flexibility index (Phi) is 7.68. The van der Waals surface area contributed by atoms with Crippen LogP contribution in [0.1, 0.15) is 0 Å². The third kappa shape index (κ3) is 4.11. The van der Waals surface area contributed by atoms with Crippen molar-refractivity contribution in [2.75, 3.05) is 11.9 Å². The molecule has 74 valence electrons. The Morgan fingerprint density at radius 2 is 1.83 bits per heavy atom. The van der Waals surface area contributed by atoms with Crippen LogP contribution in [0.3, 0.4) is 0 Å². The number of halogens is 4. The summed E-state index contributed by atoms with van der Waals surface area (Å²) in [7, 11) is 0. The third-order valence-electron chi connectivity index (χ3n) is 1.36. The van der Waals surface area contributed by atoms with Gasteiger partial charge in [-0.2, -0.15) is 0 Å². The molecule has 0 aliphatic heterocycles. The van der Waals surface area contributed by atoms with Crippen molar-refractivity contribution >= 4 is 55.1 Å². The first-order valence-electron chi connectivity index (χ1n) is 3.31. The Bertz CT molecular complexity index is 114. The maximum atomic E-state index is 9.48. The molecule has 0 aromatic heterocycles. The lowest BCUT2D eigenvalue weighted by atomic mass is 10.1. The van der Waals surface area contributed by atoms with E-state index in [0.717, 1.165) is 0 Å². The molecule has 12 heavy (non-hydrogen) atoms. The lowest BCUT2D eigenvalue weighted by molar-refractivity contribution is 0.160. The van der Waals surface area contributed by atoms with Crippen molar-refractivity contribution in [2.45, 2.75) is 21.7 Å². The number of hydrogen-bond acceptors (Lipinski definition) is 2. The Balaban J connectivity index is 3.99. The van der Waals surface area contributed by atoms with Gasteiger partial charge in [0.05, 0.1) is 28.3 Å². The Morgan fingerprint density at radius 3 is 2.17 bits per heavy atom. The fraction of sp³-hybridized carbons (Fsp3) is 1.00. The van der Waals surface area contributed by atoms with Crippen LogP contribution in [-0.2, 0) is 0 Å². The lowest BCUT2D eigenvalue weighted by Crippen LogP contribution is -2.38. The van der Waals surface area contributed by atoms with Gasteiger partial charge in [-0.1, -0.05) is 31.9 Å². The SMILES string of the molecule is OCC(Cl)C(Cl)C(O)C(Br)CBr. The van der Waals surface area contributed by atoms with E-state index in [9.17, 15) is 5.11 Å². The Hall–Kier alpha value is 1.46. The zero-order valence-electron chi connectivity index (χ0n) is 6.13.